The van der Waals surface area contributed by atoms with Crippen LogP contribution in [0, 0.1) is 5.82 Å². The van der Waals surface area contributed by atoms with Crippen LogP contribution in [-0.2, 0) is 6.42 Å². The number of nitrogens with zero attached hydrogens (tertiary/aromatic N) is 1. The van der Waals surface area contributed by atoms with Crippen molar-refractivity contribution in [2.45, 2.75) is 25.4 Å². The summed E-state index contributed by atoms with van der Waals surface area (Å²) in [6.45, 7) is 2.93. The molecule has 2 aromatic rings. The van der Waals surface area contributed by atoms with E-state index in [-0.39, 0.29) is 17.9 Å². The second-order valence-corrected chi connectivity index (χ2v) is 6.20. The molecule has 2 rings (SSSR count). The Bertz CT molecular complexity index is 508. The molecular weight excluding hydrogens is 271 g/mol. The molecule has 1 aromatic carbocycles. The molecular formula is C16H21FN2S. The lowest BCUT2D eigenvalue weighted by Crippen LogP contribution is -2.38. The summed E-state index contributed by atoms with van der Waals surface area (Å²) in [5.41, 5.74) is 7.19. The van der Waals surface area contributed by atoms with E-state index in [0.29, 0.717) is 0 Å². The molecule has 0 bridgehead atoms. The minimum atomic E-state index is -0.210. The van der Waals surface area contributed by atoms with Gasteiger partial charge in [0.25, 0.3) is 0 Å². The quantitative estimate of drug-likeness (QED) is 0.883. The average Bonchev–Trinajstić information content (AvgIpc) is 2.92. The van der Waals surface area contributed by atoms with Gasteiger partial charge >= 0.3 is 0 Å². The summed E-state index contributed by atoms with van der Waals surface area (Å²) in [6.07, 6.45) is 1.01. The minimum absolute atomic E-state index is 0.00574. The maximum absolute atomic E-state index is 13.0. The first-order valence-electron chi connectivity index (χ1n) is 6.81. The van der Waals surface area contributed by atoms with Crippen LogP contribution in [0.25, 0.3) is 0 Å². The van der Waals surface area contributed by atoms with E-state index in [1.165, 1.54) is 17.0 Å². The van der Waals surface area contributed by atoms with Crippen LogP contribution in [0.2, 0.25) is 0 Å². The molecule has 1 heterocycles. The average molecular weight is 292 g/mol. The van der Waals surface area contributed by atoms with Crippen LogP contribution in [0.3, 0.4) is 0 Å². The molecule has 0 aliphatic carbocycles. The van der Waals surface area contributed by atoms with Gasteiger partial charge in [0, 0.05) is 23.5 Å². The summed E-state index contributed by atoms with van der Waals surface area (Å²) < 4.78 is 13.0. The number of benzene rings is 1. The van der Waals surface area contributed by atoms with Crippen LogP contribution in [0.1, 0.15) is 23.4 Å². The number of hydrogen-bond acceptors (Lipinski definition) is 3. The van der Waals surface area contributed by atoms with Crippen molar-refractivity contribution in [1.82, 2.24) is 4.90 Å². The largest absolute Gasteiger partial charge is 0.326 e. The van der Waals surface area contributed by atoms with Crippen molar-refractivity contribution < 1.29 is 4.39 Å². The van der Waals surface area contributed by atoms with Crippen LogP contribution >= 0.6 is 11.3 Å². The second-order valence-electron chi connectivity index (χ2n) is 5.17. The van der Waals surface area contributed by atoms with Gasteiger partial charge < -0.3 is 5.73 Å². The molecule has 4 heteroatoms. The molecule has 0 saturated heterocycles. The first-order valence-corrected chi connectivity index (χ1v) is 7.69. The predicted molar refractivity (Wildman–Crippen MR) is 83.4 cm³/mol. The van der Waals surface area contributed by atoms with Crippen molar-refractivity contribution in [2.75, 3.05) is 13.6 Å². The van der Waals surface area contributed by atoms with Gasteiger partial charge in [-0.05, 0) is 49.5 Å². The summed E-state index contributed by atoms with van der Waals surface area (Å²) in [4.78, 5) is 3.62. The second kappa shape index (κ2) is 6.97. The lowest BCUT2D eigenvalue weighted by atomic mass is 9.99. The molecule has 0 aliphatic heterocycles. The Balaban J connectivity index is 2.05. The topological polar surface area (TPSA) is 29.3 Å². The van der Waals surface area contributed by atoms with E-state index in [2.05, 4.69) is 29.5 Å². The summed E-state index contributed by atoms with van der Waals surface area (Å²) in [7, 11) is 2.07. The molecule has 0 aliphatic rings. The van der Waals surface area contributed by atoms with E-state index in [9.17, 15) is 4.39 Å². The molecule has 0 saturated carbocycles. The van der Waals surface area contributed by atoms with Gasteiger partial charge in [0.05, 0.1) is 0 Å². The summed E-state index contributed by atoms with van der Waals surface area (Å²) >= 11 is 1.78. The van der Waals surface area contributed by atoms with E-state index in [1.807, 2.05) is 19.1 Å². The van der Waals surface area contributed by atoms with Gasteiger partial charge in [-0.2, -0.15) is 0 Å². The number of nitrogens with two attached hydrogens (primary N) is 1. The third-order valence-electron chi connectivity index (χ3n) is 3.48. The third-order valence-corrected chi connectivity index (χ3v) is 4.41. The molecule has 0 fully saturated rings. The van der Waals surface area contributed by atoms with Crippen LogP contribution in [0.4, 0.5) is 4.39 Å². The fourth-order valence-corrected chi connectivity index (χ4v) is 3.20. The van der Waals surface area contributed by atoms with Gasteiger partial charge in [0.2, 0.25) is 0 Å². The van der Waals surface area contributed by atoms with Crippen molar-refractivity contribution in [1.29, 1.82) is 0 Å². The number of halogens is 1. The van der Waals surface area contributed by atoms with E-state index < -0.39 is 0 Å². The highest BCUT2D eigenvalue weighted by molar-refractivity contribution is 7.09. The normalized spacial score (nSPS) is 14.4. The number of rotatable bonds is 6. The first kappa shape index (κ1) is 15.2. The van der Waals surface area contributed by atoms with E-state index >= 15 is 0 Å². The molecule has 2 atom stereocenters. The van der Waals surface area contributed by atoms with Crippen LogP contribution in [0.15, 0.2) is 41.8 Å². The van der Waals surface area contributed by atoms with Crippen molar-refractivity contribution in [3.8, 4) is 0 Å². The van der Waals surface area contributed by atoms with E-state index in [4.69, 9.17) is 5.73 Å². The Morgan fingerprint density at radius 2 is 1.95 bits per heavy atom. The molecule has 108 valence electrons. The van der Waals surface area contributed by atoms with E-state index in [1.54, 1.807) is 11.3 Å². The van der Waals surface area contributed by atoms with E-state index in [0.717, 1.165) is 18.5 Å². The van der Waals surface area contributed by atoms with Gasteiger partial charge in [0.15, 0.2) is 0 Å². The van der Waals surface area contributed by atoms with Crippen molar-refractivity contribution in [3.63, 3.8) is 0 Å². The highest BCUT2D eigenvalue weighted by Crippen LogP contribution is 2.23. The van der Waals surface area contributed by atoms with Gasteiger partial charge in [-0.25, -0.2) is 4.39 Å². The number of thiophene rings is 1. The fraction of sp³-hybridized carbons (Fsp3) is 0.375. The zero-order chi connectivity index (χ0) is 14.5. The zero-order valence-electron chi connectivity index (χ0n) is 11.9. The summed E-state index contributed by atoms with van der Waals surface area (Å²) in [5, 5.41) is 2.10. The zero-order valence-corrected chi connectivity index (χ0v) is 12.7. The monoisotopic (exact) mass is 292 g/mol. The highest BCUT2D eigenvalue weighted by Gasteiger charge is 2.21. The molecule has 0 spiro atoms. The van der Waals surface area contributed by atoms with Gasteiger partial charge in [-0.1, -0.05) is 18.2 Å². The van der Waals surface area contributed by atoms with Crippen molar-refractivity contribution in [3.05, 3.63) is 58.0 Å². The maximum Gasteiger partial charge on any atom is 0.123 e. The summed E-state index contributed by atoms with van der Waals surface area (Å²) in [6, 6.07) is 11.0. The SMILES string of the molecule is CC(N)C(c1ccc(F)cc1)N(C)CCc1cccs1. The van der Waals surface area contributed by atoms with Crippen LogP contribution < -0.4 is 5.73 Å². The van der Waals surface area contributed by atoms with Gasteiger partial charge in [0.1, 0.15) is 5.82 Å². The standard InChI is InChI=1S/C16H21FN2S/c1-12(18)16(13-5-7-14(17)8-6-13)19(2)10-9-15-4-3-11-20-15/h3-8,11-12,16H,9-10,18H2,1-2H3. The Labute approximate surface area is 124 Å². The summed E-state index contributed by atoms with van der Waals surface area (Å²) in [5.74, 6) is -0.210. The Morgan fingerprint density at radius 1 is 1.25 bits per heavy atom. The van der Waals surface area contributed by atoms with Gasteiger partial charge in [-0.3, -0.25) is 4.90 Å². The first-order chi connectivity index (χ1) is 9.58. The van der Waals surface area contributed by atoms with Crippen LogP contribution in [-0.4, -0.2) is 24.5 Å². The number of hydrogen-bond donors (Lipinski definition) is 1. The highest BCUT2D eigenvalue weighted by atomic mass is 32.1. The smallest absolute Gasteiger partial charge is 0.123 e. The molecule has 0 radical (unpaired) electrons. The lowest BCUT2D eigenvalue weighted by Gasteiger charge is -2.31. The maximum atomic E-state index is 13.0. The predicted octanol–water partition coefficient (Wildman–Crippen LogP) is 3.45. The van der Waals surface area contributed by atoms with Gasteiger partial charge in [-0.15, -0.1) is 11.3 Å². The molecule has 2 nitrogen and oxygen atoms in total. The molecule has 2 N–H and O–H groups in total. The third kappa shape index (κ3) is 3.88. The lowest BCUT2D eigenvalue weighted by molar-refractivity contribution is 0.222. The Hall–Kier alpha value is -1.23. The van der Waals surface area contributed by atoms with Crippen LogP contribution in [0.5, 0.6) is 0 Å². The Morgan fingerprint density at radius 3 is 2.50 bits per heavy atom. The molecule has 1 aromatic heterocycles. The van der Waals surface area contributed by atoms with Crippen molar-refractivity contribution >= 4 is 11.3 Å². The fourth-order valence-electron chi connectivity index (χ4n) is 2.50. The van der Waals surface area contributed by atoms with Crippen molar-refractivity contribution in [2.24, 2.45) is 5.73 Å². The molecule has 2 unspecified atom stereocenters. The number of likely N-dealkylation sites (N-methyl/N-ethyl adjacent to an activating group) is 1. The molecule has 0 amide bonds. The minimum Gasteiger partial charge on any atom is -0.326 e. The Kier molecular flexibility index (Phi) is 5.29. The molecule has 20 heavy (non-hydrogen) atoms.